The van der Waals surface area contributed by atoms with Crippen LogP contribution >= 0.6 is 0 Å². The molecule has 0 radical (unpaired) electrons. The molecule has 134 valence electrons. The van der Waals surface area contributed by atoms with Gasteiger partial charge in [0, 0.05) is 25.4 Å². The lowest BCUT2D eigenvalue weighted by molar-refractivity contribution is -0.128. The van der Waals surface area contributed by atoms with Crippen LogP contribution in [-0.4, -0.2) is 58.5 Å². The average molecular weight is 334 g/mol. The second-order valence-electron chi connectivity index (χ2n) is 7.18. The molecule has 0 unspecified atom stereocenters. The summed E-state index contributed by atoms with van der Waals surface area (Å²) >= 11 is 0. The van der Waals surface area contributed by atoms with Gasteiger partial charge in [0.25, 0.3) is 0 Å². The van der Waals surface area contributed by atoms with Gasteiger partial charge in [0.15, 0.2) is 0 Å². The Balaban J connectivity index is 1.55. The van der Waals surface area contributed by atoms with Crippen LogP contribution in [0.5, 0.6) is 0 Å². The number of ether oxygens (including phenoxy) is 1. The second-order valence-corrected chi connectivity index (χ2v) is 7.18. The Labute approximate surface area is 144 Å². The number of amides is 1. The summed E-state index contributed by atoms with van der Waals surface area (Å²) in [7, 11) is 0. The lowest BCUT2D eigenvalue weighted by atomic mass is 9.99. The topological polar surface area (TPSA) is 59.4 Å². The van der Waals surface area contributed by atoms with E-state index < -0.39 is 0 Å². The minimum Gasteiger partial charge on any atom is -0.376 e. The molecule has 0 spiro atoms. The highest BCUT2D eigenvalue weighted by Gasteiger charge is 2.31. The van der Waals surface area contributed by atoms with Crippen molar-refractivity contribution < 1.29 is 9.53 Å². The highest BCUT2D eigenvalue weighted by atomic mass is 16.5. The lowest BCUT2D eigenvalue weighted by Crippen LogP contribution is -2.53. The third kappa shape index (κ3) is 4.36. The van der Waals surface area contributed by atoms with E-state index in [2.05, 4.69) is 28.4 Å². The van der Waals surface area contributed by atoms with Crippen molar-refractivity contribution in [3.63, 3.8) is 0 Å². The van der Waals surface area contributed by atoms with Crippen LogP contribution in [0.2, 0.25) is 0 Å². The molecule has 24 heavy (non-hydrogen) atoms. The van der Waals surface area contributed by atoms with Gasteiger partial charge in [-0.1, -0.05) is 6.42 Å². The molecule has 1 amide bonds. The van der Waals surface area contributed by atoms with Gasteiger partial charge >= 0.3 is 0 Å². The Kier molecular flexibility index (Phi) is 5.89. The van der Waals surface area contributed by atoms with E-state index in [4.69, 9.17) is 4.74 Å². The van der Waals surface area contributed by atoms with Gasteiger partial charge in [0.05, 0.1) is 24.9 Å². The zero-order chi connectivity index (χ0) is 16.9. The van der Waals surface area contributed by atoms with Gasteiger partial charge in [-0.05, 0) is 51.6 Å². The number of hydrogen-bond acceptors (Lipinski definition) is 4. The second kappa shape index (κ2) is 8.12. The average Bonchev–Trinajstić information content (AvgIpc) is 3.24. The Morgan fingerprint density at radius 2 is 2.29 bits per heavy atom. The van der Waals surface area contributed by atoms with Crippen molar-refractivity contribution in [2.24, 2.45) is 0 Å². The predicted molar refractivity (Wildman–Crippen MR) is 92.8 cm³/mol. The smallest absolute Gasteiger partial charge is 0.237 e. The van der Waals surface area contributed by atoms with E-state index in [1.165, 1.54) is 12.0 Å². The van der Waals surface area contributed by atoms with Crippen molar-refractivity contribution in [2.75, 3.05) is 19.7 Å². The maximum absolute atomic E-state index is 12.6. The summed E-state index contributed by atoms with van der Waals surface area (Å²) in [5.74, 6) is 0.119. The van der Waals surface area contributed by atoms with Gasteiger partial charge in [0.2, 0.25) is 5.91 Å². The molecular weight excluding hydrogens is 304 g/mol. The van der Waals surface area contributed by atoms with E-state index in [-0.39, 0.29) is 18.1 Å². The summed E-state index contributed by atoms with van der Waals surface area (Å²) in [6, 6.07) is 0.273. The predicted octanol–water partition coefficient (Wildman–Crippen LogP) is 1.73. The normalized spacial score (nSPS) is 26.4. The van der Waals surface area contributed by atoms with Gasteiger partial charge in [-0.2, -0.15) is 5.10 Å². The first-order valence-electron chi connectivity index (χ1n) is 9.27. The maximum Gasteiger partial charge on any atom is 0.237 e. The maximum atomic E-state index is 12.6. The molecular formula is C18H30N4O2. The van der Waals surface area contributed by atoms with Crippen LogP contribution in [0, 0.1) is 6.92 Å². The van der Waals surface area contributed by atoms with Crippen molar-refractivity contribution in [1.29, 1.82) is 0 Å². The fourth-order valence-electron chi connectivity index (χ4n) is 3.83. The molecule has 3 rings (SSSR count). The number of nitrogens with one attached hydrogen (secondary N) is 1. The fourth-order valence-corrected chi connectivity index (χ4v) is 3.83. The van der Waals surface area contributed by atoms with E-state index in [9.17, 15) is 4.79 Å². The summed E-state index contributed by atoms with van der Waals surface area (Å²) in [6.07, 6.45) is 9.85. The fraction of sp³-hybridized carbons (Fsp3) is 0.778. The molecule has 2 fully saturated rings. The first kappa shape index (κ1) is 17.4. The molecule has 2 aliphatic rings. The number of aromatic nitrogens is 2. The molecule has 1 N–H and O–H groups in total. The number of piperidine rings is 1. The molecule has 1 aromatic heterocycles. The third-order valence-electron chi connectivity index (χ3n) is 5.24. The SMILES string of the molecule is Cc1cnn(C[C@@H]2CCCCN2[C@H](C)C(=O)NC[C@H]2CCCO2)c1. The van der Waals surface area contributed by atoms with Gasteiger partial charge in [-0.15, -0.1) is 0 Å². The molecule has 0 bridgehead atoms. The summed E-state index contributed by atoms with van der Waals surface area (Å²) in [6.45, 7) is 7.39. The van der Waals surface area contributed by atoms with Crippen molar-refractivity contribution in [2.45, 2.75) is 70.7 Å². The van der Waals surface area contributed by atoms with Crippen LogP contribution in [0.15, 0.2) is 12.4 Å². The minimum atomic E-state index is -0.103. The van der Waals surface area contributed by atoms with Crippen LogP contribution in [0.1, 0.15) is 44.6 Å². The number of hydrogen-bond donors (Lipinski definition) is 1. The molecule has 3 heterocycles. The summed E-state index contributed by atoms with van der Waals surface area (Å²) in [5, 5.41) is 7.49. The van der Waals surface area contributed by atoms with Gasteiger partial charge in [-0.3, -0.25) is 14.4 Å². The zero-order valence-corrected chi connectivity index (χ0v) is 14.9. The number of carbonyl (C=O) groups is 1. The largest absolute Gasteiger partial charge is 0.376 e. The Hall–Kier alpha value is -1.40. The van der Waals surface area contributed by atoms with E-state index in [1.807, 2.05) is 17.8 Å². The molecule has 1 aromatic rings. The molecule has 0 aliphatic carbocycles. The lowest BCUT2D eigenvalue weighted by Gasteiger charge is -2.39. The summed E-state index contributed by atoms with van der Waals surface area (Å²) in [5.41, 5.74) is 1.18. The first-order valence-corrected chi connectivity index (χ1v) is 9.27. The zero-order valence-electron chi connectivity index (χ0n) is 14.9. The van der Waals surface area contributed by atoms with Crippen LogP contribution in [0.25, 0.3) is 0 Å². The van der Waals surface area contributed by atoms with Crippen molar-refractivity contribution in [3.05, 3.63) is 18.0 Å². The molecule has 3 atom stereocenters. The monoisotopic (exact) mass is 334 g/mol. The first-order chi connectivity index (χ1) is 11.6. The van der Waals surface area contributed by atoms with Crippen LogP contribution in [0.3, 0.4) is 0 Å². The van der Waals surface area contributed by atoms with E-state index in [1.54, 1.807) is 0 Å². The highest BCUT2D eigenvalue weighted by molar-refractivity contribution is 5.81. The van der Waals surface area contributed by atoms with E-state index in [0.29, 0.717) is 12.6 Å². The van der Waals surface area contributed by atoms with Crippen LogP contribution < -0.4 is 5.32 Å². The minimum absolute atomic E-state index is 0.103. The number of likely N-dealkylation sites (tertiary alicyclic amines) is 1. The summed E-state index contributed by atoms with van der Waals surface area (Å²) in [4.78, 5) is 14.9. The number of rotatable bonds is 6. The van der Waals surface area contributed by atoms with Crippen molar-refractivity contribution in [1.82, 2.24) is 20.0 Å². The summed E-state index contributed by atoms with van der Waals surface area (Å²) < 4.78 is 7.60. The molecule has 6 nitrogen and oxygen atoms in total. The molecule has 0 aromatic carbocycles. The highest BCUT2D eigenvalue weighted by Crippen LogP contribution is 2.21. The van der Waals surface area contributed by atoms with Gasteiger partial charge < -0.3 is 10.1 Å². The Morgan fingerprint density at radius 3 is 3.00 bits per heavy atom. The quantitative estimate of drug-likeness (QED) is 0.861. The Morgan fingerprint density at radius 1 is 1.42 bits per heavy atom. The molecule has 2 aliphatic heterocycles. The van der Waals surface area contributed by atoms with Crippen molar-refractivity contribution in [3.8, 4) is 0 Å². The number of carbonyl (C=O) groups excluding carboxylic acids is 1. The molecule has 6 heteroatoms. The number of nitrogens with zero attached hydrogens (tertiary/aromatic N) is 3. The van der Waals surface area contributed by atoms with E-state index >= 15 is 0 Å². The Bertz CT molecular complexity index is 539. The van der Waals surface area contributed by atoms with Gasteiger partial charge in [0.1, 0.15) is 0 Å². The van der Waals surface area contributed by atoms with Gasteiger partial charge in [-0.25, -0.2) is 0 Å². The van der Waals surface area contributed by atoms with Crippen molar-refractivity contribution >= 4 is 5.91 Å². The van der Waals surface area contributed by atoms with Crippen LogP contribution in [-0.2, 0) is 16.1 Å². The standard InChI is InChI=1S/C18H30N4O2/c1-14-10-20-21(12-14)13-16-6-3-4-8-22(16)15(2)18(23)19-11-17-7-5-9-24-17/h10,12,15-17H,3-9,11,13H2,1-2H3,(H,19,23)/t15-,16+,17-/m1/s1. The van der Waals surface area contributed by atoms with E-state index in [0.717, 1.165) is 45.4 Å². The molecule has 0 saturated carbocycles. The van der Waals surface area contributed by atoms with Crippen LogP contribution in [0.4, 0.5) is 0 Å². The number of aryl methyl sites for hydroxylation is 1. The third-order valence-corrected chi connectivity index (χ3v) is 5.24. The molecule has 2 saturated heterocycles.